The van der Waals surface area contributed by atoms with Gasteiger partial charge in [-0.3, -0.25) is 9.59 Å². The van der Waals surface area contributed by atoms with E-state index < -0.39 is 6.04 Å². The predicted molar refractivity (Wildman–Crippen MR) is 142 cm³/mol. The van der Waals surface area contributed by atoms with Gasteiger partial charge in [0.1, 0.15) is 6.04 Å². The van der Waals surface area contributed by atoms with E-state index in [0.29, 0.717) is 30.5 Å². The molecule has 0 radical (unpaired) electrons. The molecule has 0 spiro atoms. The van der Waals surface area contributed by atoms with Crippen LogP contribution in [0.15, 0.2) is 83.3 Å². The fourth-order valence-electron chi connectivity index (χ4n) is 3.69. The summed E-state index contributed by atoms with van der Waals surface area (Å²) in [6.45, 7) is 4.99. The Bertz CT molecular complexity index is 1090. The summed E-state index contributed by atoms with van der Waals surface area (Å²) in [5.74, 6) is 0.0448. The van der Waals surface area contributed by atoms with E-state index in [2.05, 4.69) is 35.1 Å². The van der Waals surface area contributed by atoms with E-state index in [1.165, 1.54) is 0 Å². The molecule has 0 fully saturated rings. The van der Waals surface area contributed by atoms with Crippen molar-refractivity contribution in [3.63, 3.8) is 0 Å². The minimum Gasteiger partial charge on any atom is -0.354 e. The van der Waals surface area contributed by atoms with Gasteiger partial charge in [-0.2, -0.15) is 0 Å². The second-order valence-corrected chi connectivity index (χ2v) is 10.2. The molecule has 0 aliphatic heterocycles. The van der Waals surface area contributed by atoms with Crippen LogP contribution in [0.4, 0.5) is 0 Å². The van der Waals surface area contributed by atoms with Crippen LogP contribution in [0, 0.1) is 5.92 Å². The average molecular weight is 542 g/mol. The molecule has 0 bridgehead atoms. The SMILES string of the molecule is CC(C)CNC(=O)[C@@H](Cc1ccccc1)N(Cc1ccc(Br)cc1)C(=O)Cc1cccc(Cl)c1. The smallest absolute Gasteiger partial charge is 0.243 e. The van der Waals surface area contributed by atoms with Crippen molar-refractivity contribution >= 4 is 39.3 Å². The van der Waals surface area contributed by atoms with Gasteiger partial charge in [0.25, 0.3) is 0 Å². The maximum atomic E-state index is 13.7. The fourth-order valence-corrected chi connectivity index (χ4v) is 4.16. The van der Waals surface area contributed by atoms with Gasteiger partial charge < -0.3 is 10.2 Å². The molecule has 1 N–H and O–H groups in total. The van der Waals surface area contributed by atoms with Gasteiger partial charge in [-0.15, -0.1) is 0 Å². The number of carbonyl (C=O) groups excluding carboxylic acids is 2. The molecule has 0 saturated heterocycles. The third-order valence-corrected chi connectivity index (χ3v) is 6.23. The largest absolute Gasteiger partial charge is 0.354 e. The zero-order valence-corrected chi connectivity index (χ0v) is 21.9. The van der Waals surface area contributed by atoms with Crippen molar-refractivity contribution < 1.29 is 9.59 Å². The van der Waals surface area contributed by atoms with Gasteiger partial charge in [-0.25, -0.2) is 0 Å². The standard InChI is InChI=1S/C28H30BrClN2O2/c1-20(2)18-31-28(34)26(16-21-7-4-3-5-8-21)32(19-22-11-13-24(29)14-12-22)27(33)17-23-9-6-10-25(30)15-23/h3-15,20,26H,16-19H2,1-2H3,(H,31,34)/t26-/m1/s1. The Labute approximate surface area is 215 Å². The van der Waals surface area contributed by atoms with Crippen LogP contribution in [0.25, 0.3) is 0 Å². The quantitative estimate of drug-likeness (QED) is 0.339. The summed E-state index contributed by atoms with van der Waals surface area (Å²) in [5.41, 5.74) is 2.78. The molecule has 34 heavy (non-hydrogen) atoms. The van der Waals surface area contributed by atoms with Crippen LogP contribution in [0.1, 0.15) is 30.5 Å². The average Bonchev–Trinajstić information content (AvgIpc) is 2.81. The number of hydrogen-bond acceptors (Lipinski definition) is 2. The van der Waals surface area contributed by atoms with Crippen molar-refractivity contribution in [2.24, 2.45) is 5.92 Å². The van der Waals surface area contributed by atoms with E-state index in [1.54, 1.807) is 17.0 Å². The summed E-state index contributed by atoms with van der Waals surface area (Å²) in [7, 11) is 0. The molecule has 0 aromatic heterocycles. The number of nitrogens with zero attached hydrogens (tertiary/aromatic N) is 1. The molecule has 2 amide bonds. The monoisotopic (exact) mass is 540 g/mol. The zero-order chi connectivity index (χ0) is 24.5. The highest BCUT2D eigenvalue weighted by Gasteiger charge is 2.30. The molecule has 0 aliphatic rings. The molecule has 4 nitrogen and oxygen atoms in total. The van der Waals surface area contributed by atoms with Crippen LogP contribution in [0.5, 0.6) is 0 Å². The number of nitrogens with one attached hydrogen (secondary N) is 1. The Morgan fingerprint density at radius 3 is 2.24 bits per heavy atom. The molecule has 0 heterocycles. The fraction of sp³-hybridized carbons (Fsp3) is 0.286. The summed E-state index contributed by atoms with van der Waals surface area (Å²) >= 11 is 9.62. The van der Waals surface area contributed by atoms with Crippen LogP contribution in [0.2, 0.25) is 5.02 Å². The Kier molecular flexibility index (Phi) is 9.73. The van der Waals surface area contributed by atoms with Gasteiger partial charge >= 0.3 is 0 Å². The number of amides is 2. The normalized spacial score (nSPS) is 11.8. The molecule has 1 atom stereocenters. The van der Waals surface area contributed by atoms with Gasteiger partial charge in [0.15, 0.2) is 0 Å². The molecule has 0 unspecified atom stereocenters. The first kappa shape index (κ1) is 26.0. The maximum Gasteiger partial charge on any atom is 0.243 e. The lowest BCUT2D eigenvalue weighted by Gasteiger charge is -2.32. The van der Waals surface area contributed by atoms with Gasteiger partial charge in [-0.05, 0) is 46.9 Å². The van der Waals surface area contributed by atoms with Crippen molar-refractivity contribution in [1.29, 1.82) is 0 Å². The lowest BCUT2D eigenvalue weighted by molar-refractivity contribution is -0.140. The summed E-state index contributed by atoms with van der Waals surface area (Å²) < 4.78 is 0.962. The third-order valence-electron chi connectivity index (χ3n) is 5.47. The molecule has 3 aromatic carbocycles. The van der Waals surface area contributed by atoms with Gasteiger partial charge in [0, 0.05) is 29.0 Å². The molecule has 3 aromatic rings. The van der Waals surface area contributed by atoms with Crippen molar-refractivity contribution in [3.05, 3.63) is 105 Å². The molecular formula is C28H30BrClN2O2. The van der Waals surface area contributed by atoms with Crippen LogP contribution in [-0.2, 0) is 29.0 Å². The molecule has 6 heteroatoms. The van der Waals surface area contributed by atoms with Crippen molar-refractivity contribution in [1.82, 2.24) is 10.2 Å². The summed E-state index contributed by atoms with van der Waals surface area (Å²) in [5, 5.41) is 3.63. The number of hydrogen-bond donors (Lipinski definition) is 1. The van der Waals surface area contributed by atoms with Crippen LogP contribution in [-0.4, -0.2) is 29.3 Å². The van der Waals surface area contributed by atoms with Crippen molar-refractivity contribution in [3.8, 4) is 0 Å². The first-order chi connectivity index (χ1) is 16.3. The highest BCUT2D eigenvalue weighted by molar-refractivity contribution is 9.10. The third kappa shape index (κ3) is 8.00. The Balaban J connectivity index is 1.94. The topological polar surface area (TPSA) is 49.4 Å². The highest BCUT2D eigenvalue weighted by atomic mass is 79.9. The Hall–Kier alpha value is -2.63. The lowest BCUT2D eigenvalue weighted by atomic mass is 10.0. The minimum absolute atomic E-state index is 0.120. The summed E-state index contributed by atoms with van der Waals surface area (Å²) in [6.07, 6.45) is 0.600. The van der Waals surface area contributed by atoms with Gasteiger partial charge in [0.05, 0.1) is 6.42 Å². The predicted octanol–water partition coefficient (Wildman–Crippen LogP) is 6.06. The highest BCUT2D eigenvalue weighted by Crippen LogP contribution is 2.19. The molecular weight excluding hydrogens is 512 g/mol. The molecule has 0 saturated carbocycles. The second-order valence-electron chi connectivity index (χ2n) is 8.80. The number of halogens is 2. The molecule has 178 valence electrons. The van der Waals surface area contributed by atoms with E-state index in [9.17, 15) is 9.59 Å². The van der Waals surface area contributed by atoms with E-state index in [-0.39, 0.29) is 18.2 Å². The second kappa shape index (κ2) is 12.7. The zero-order valence-electron chi connectivity index (χ0n) is 19.5. The van der Waals surface area contributed by atoms with E-state index >= 15 is 0 Å². The molecule has 0 aliphatic carbocycles. The van der Waals surface area contributed by atoms with E-state index in [4.69, 9.17) is 11.6 Å². The van der Waals surface area contributed by atoms with Crippen molar-refractivity contribution in [2.45, 2.75) is 39.3 Å². The number of benzene rings is 3. The van der Waals surface area contributed by atoms with Crippen LogP contribution in [0.3, 0.4) is 0 Å². The first-order valence-corrected chi connectivity index (χ1v) is 12.6. The van der Waals surface area contributed by atoms with E-state index in [1.807, 2.05) is 66.7 Å². The number of carbonyl (C=O) groups is 2. The summed E-state index contributed by atoms with van der Waals surface area (Å²) in [6, 6.07) is 24.3. The van der Waals surface area contributed by atoms with Gasteiger partial charge in [0.2, 0.25) is 11.8 Å². The van der Waals surface area contributed by atoms with Crippen LogP contribution >= 0.6 is 27.5 Å². The van der Waals surface area contributed by atoms with Crippen LogP contribution < -0.4 is 5.32 Å². The lowest BCUT2D eigenvalue weighted by Crippen LogP contribution is -2.51. The number of rotatable bonds is 10. The van der Waals surface area contributed by atoms with E-state index in [0.717, 1.165) is 21.2 Å². The summed E-state index contributed by atoms with van der Waals surface area (Å²) in [4.78, 5) is 28.8. The Morgan fingerprint density at radius 2 is 1.59 bits per heavy atom. The Morgan fingerprint density at radius 1 is 0.912 bits per heavy atom. The van der Waals surface area contributed by atoms with Crippen molar-refractivity contribution in [2.75, 3.05) is 6.54 Å². The van der Waals surface area contributed by atoms with Gasteiger partial charge in [-0.1, -0.05) is 96.0 Å². The maximum absolute atomic E-state index is 13.7. The molecule has 3 rings (SSSR count). The minimum atomic E-state index is -0.642. The first-order valence-electron chi connectivity index (χ1n) is 11.4.